The monoisotopic (exact) mass is 513 g/mol. The smallest absolute Gasteiger partial charge is 0.261 e. The van der Waals surface area contributed by atoms with Gasteiger partial charge in [0.1, 0.15) is 11.2 Å². The van der Waals surface area contributed by atoms with Gasteiger partial charge in [0, 0.05) is 65.5 Å². The van der Waals surface area contributed by atoms with E-state index in [1.807, 2.05) is 29.6 Å². The van der Waals surface area contributed by atoms with E-state index in [0.29, 0.717) is 18.8 Å². The molecule has 0 aliphatic carbocycles. The minimum Gasteiger partial charge on any atom is -0.353 e. The first kappa shape index (κ1) is 22.2. The number of nitrogens with one attached hydrogen (secondary N) is 2. The summed E-state index contributed by atoms with van der Waals surface area (Å²) < 4.78 is 27.2. The van der Waals surface area contributed by atoms with Gasteiger partial charge in [-0.3, -0.25) is 20.0 Å². The molecule has 0 saturated carbocycles. The molecule has 1 aliphatic rings. The lowest BCUT2D eigenvalue weighted by molar-refractivity contribution is 0.0115. The molecule has 37 heavy (non-hydrogen) atoms. The van der Waals surface area contributed by atoms with E-state index in [4.69, 9.17) is 4.98 Å². The Morgan fingerprint density at radius 2 is 1.97 bits per heavy atom. The van der Waals surface area contributed by atoms with Crippen LogP contribution in [0.25, 0.3) is 55.8 Å². The topological polar surface area (TPSA) is 86.4 Å². The quantitative estimate of drug-likeness (QED) is 0.290. The first-order chi connectivity index (χ1) is 18.0. The largest absolute Gasteiger partial charge is 0.353 e. The highest BCUT2D eigenvalue weighted by Crippen LogP contribution is 2.34. The highest BCUT2D eigenvalue weighted by atomic mass is 32.1. The van der Waals surface area contributed by atoms with E-state index in [-0.39, 0.29) is 13.0 Å². The van der Waals surface area contributed by atoms with Crippen LogP contribution in [0.2, 0.25) is 0 Å². The Kier molecular flexibility index (Phi) is 5.12. The molecule has 0 bridgehead atoms. The number of hydrogen-bond donors (Lipinski definition) is 2. The van der Waals surface area contributed by atoms with Crippen molar-refractivity contribution in [2.45, 2.75) is 18.9 Å². The Bertz CT molecular complexity index is 1740. The molecule has 0 aromatic carbocycles. The summed E-state index contributed by atoms with van der Waals surface area (Å²) in [6.45, 7) is 0.604. The number of alkyl halides is 2. The molecule has 0 amide bonds. The number of fused-ring (bicyclic) bond motifs is 2. The predicted octanol–water partition coefficient (Wildman–Crippen LogP) is 6.13. The van der Waals surface area contributed by atoms with Gasteiger partial charge in [0.15, 0.2) is 0 Å². The highest BCUT2D eigenvalue weighted by Gasteiger charge is 2.37. The molecule has 0 radical (unpaired) electrons. The zero-order valence-electron chi connectivity index (χ0n) is 19.6. The number of likely N-dealkylation sites (tertiary alicyclic amines) is 1. The van der Waals surface area contributed by atoms with Crippen molar-refractivity contribution in [1.82, 2.24) is 35.0 Å². The molecule has 0 atom stereocenters. The highest BCUT2D eigenvalue weighted by molar-refractivity contribution is 7.08. The molecule has 6 aromatic rings. The Balaban J connectivity index is 1.24. The molecular formula is C27H21F2N7S. The van der Waals surface area contributed by atoms with E-state index in [9.17, 15) is 8.78 Å². The van der Waals surface area contributed by atoms with Crippen molar-refractivity contribution < 1.29 is 8.78 Å². The van der Waals surface area contributed by atoms with Crippen molar-refractivity contribution in [3.8, 4) is 33.9 Å². The van der Waals surface area contributed by atoms with Crippen molar-refractivity contribution in [3.63, 3.8) is 0 Å². The second-order valence-electron chi connectivity index (χ2n) is 9.38. The second-order valence-corrected chi connectivity index (χ2v) is 10.2. The summed E-state index contributed by atoms with van der Waals surface area (Å²) in [7, 11) is 0. The van der Waals surface area contributed by atoms with Gasteiger partial charge in [-0.2, -0.15) is 16.4 Å². The zero-order chi connectivity index (χ0) is 25.0. The summed E-state index contributed by atoms with van der Waals surface area (Å²) in [6.07, 6.45) is 5.18. The zero-order valence-corrected chi connectivity index (χ0v) is 20.4. The lowest BCUT2D eigenvalue weighted by Crippen LogP contribution is -2.24. The van der Waals surface area contributed by atoms with Crippen molar-refractivity contribution in [2.75, 3.05) is 13.1 Å². The van der Waals surface area contributed by atoms with E-state index < -0.39 is 5.92 Å². The fourth-order valence-corrected chi connectivity index (χ4v) is 5.61. The number of aromatic nitrogens is 6. The molecule has 7 rings (SSSR count). The summed E-state index contributed by atoms with van der Waals surface area (Å²) in [5.41, 5.74) is 8.55. The van der Waals surface area contributed by atoms with Gasteiger partial charge in [-0.15, -0.1) is 0 Å². The van der Waals surface area contributed by atoms with Gasteiger partial charge in [-0.25, -0.2) is 13.8 Å². The van der Waals surface area contributed by atoms with Crippen molar-refractivity contribution in [3.05, 3.63) is 71.3 Å². The number of thiophene rings is 1. The standard InChI is InChI=1S/C27H21F2N7S/c28-27(29)5-7-36(15-27)13-16-9-18(12-30-11-16)20-1-2-22-25(33-20)26(35-34-22)23-10-19-21(32-23)3-6-31-24(19)17-4-8-37-14-17/h1-4,6,8-12,14,32H,5,7,13,15H2,(H,34,35). The van der Waals surface area contributed by atoms with E-state index in [2.05, 4.69) is 42.7 Å². The van der Waals surface area contributed by atoms with Gasteiger partial charge in [0.25, 0.3) is 5.92 Å². The average Bonchev–Trinajstić information content (AvgIpc) is 3.69. The lowest BCUT2D eigenvalue weighted by Gasteiger charge is -2.15. The lowest BCUT2D eigenvalue weighted by atomic mass is 10.1. The number of hydrogen-bond acceptors (Lipinski definition) is 6. The Hall–Kier alpha value is -4.02. The fraction of sp³-hybridized carbons (Fsp3) is 0.185. The number of aromatic amines is 2. The van der Waals surface area contributed by atoms with Crippen LogP contribution in [0.4, 0.5) is 8.78 Å². The van der Waals surface area contributed by atoms with Crippen LogP contribution < -0.4 is 0 Å². The average molecular weight is 514 g/mol. The molecule has 10 heteroatoms. The third kappa shape index (κ3) is 4.08. The predicted molar refractivity (Wildman–Crippen MR) is 140 cm³/mol. The van der Waals surface area contributed by atoms with E-state index in [1.54, 1.807) is 34.8 Å². The van der Waals surface area contributed by atoms with Gasteiger partial charge in [-0.1, -0.05) is 0 Å². The Morgan fingerprint density at radius 1 is 1.03 bits per heavy atom. The van der Waals surface area contributed by atoms with E-state index >= 15 is 0 Å². The molecule has 184 valence electrons. The van der Waals surface area contributed by atoms with Crippen molar-refractivity contribution in [1.29, 1.82) is 0 Å². The molecule has 1 fully saturated rings. The minimum atomic E-state index is -2.61. The van der Waals surface area contributed by atoms with E-state index in [1.165, 1.54) is 0 Å². The molecular weight excluding hydrogens is 492 g/mol. The van der Waals surface area contributed by atoms with Gasteiger partial charge in [0.05, 0.1) is 29.1 Å². The normalized spacial score (nSPS) is 15.7. The van der Waals surface area contributed by atoms with Crippen LogP contribution in [-0.2, 0) is 6.54 Å². The summed E-state index contributed by atoms with van der Waals surface area (Å²) >= 11 is 1.64. The van der Waals surface area contributed by atoms with Crippen molar-refractivity contribution >= 4 is 33.3 Å². The van der Waals surface area contributed by atoms with Crippen LogP contribution in [0.1, 0.15) is 12.0 Å². The SMILES string of the molecule is FC1(F)CCN(Cc2cncc(-c3ccc4[nH]nc(-c5cc6c(-c7ccsc7)nccc6[nH]5)c4n3)c2)C1. The first-order valence-corrected chi connectivity index (χ1v) is 12.9. The maximum Gasteiger partial charge on any atom is 0.261 e. The maximum atomic E-state index is 13.6. The minimum absolute atomic E-state index is 0.0970. The van der Waals surface area contributed by atoms with Crippen molar-refractivity contribution in [2.24, 2.45) is 0 Å². The summed E-state index contributed by atoms with van der Waals surface area (Å²) in [4.78, 5) is 19.1. The Morgan fingerprint density at radius 3 is 2.81 bits per heavy atom. The number of rotatable bonds is 5. The van der Waals surface area contributed by atoms with E-state index in [0.717, 1.165) is 55.7 Å². The van der Waals surface area contributed by atoms with Gasteiger partial charge >= 0.3 is 0 Å². The summed E-state index contributed by atoms with van der Waals surface area (Å²) in [5, 5.41) is 12.8. The van der Waals surface area contributed by atoms with Crippen LogP contribution in [0.5, 0.6) is 0 Å². The fourth-order valence-electron chi connectivity index (χ4n) is 4.97. The maximum absolute atomic E-state index is 13.6. The third-order valence-corrected chi connectivity index (χ3v) is 7.43. The van der Waals surface area contributed by atoms with Crippen LogP contribution >= 0.6 is 11.3 Å². The Labute approximate surface area is 214 Å². The molecule has 0 spiro atoms. The van der Waals surface area contributed by atoms with Gasteiger partial charge in [0.2, 0.25) is 0 Å². The van der Waals surface area contributed by atoms with Crippen LogP contribution in [0, 0.1) is 0 Å². The van der Waals surface area contributed by atoms with Crippen LogP contribution in [0.15, 0.2) is 65.7 Å². The molecule has 1 saturated heterocycles. The molecule has 7 nitrogen and oxygen atoms in total. The molecule has 6 aromatic heterocycles. The number of halogens is 2. The van der Waals surface area contributed by atoms with Crippen LogP contribution in [-0.4, -0.2) is 54.0 Å². The number of nitrogens with zero attached hydrogens (tertiary/aromatic N) is 5. The summed E-state index contributed by atoms with van der Waals surface area (Å²) in [6, 6.07) is 11.9. The molecule has 2 N–H and O–H groups in total. The van der Waals surface area contributed by atoms with Crippen LogP contribution in [0.3, 0.4) is 0 Å². The number of H-pyrrole nitrogens is 2. The van der Waals surface area contributed by atoms with Gasteiger partial charge in [-0.05, 0) is 47.3 Å². The number of pyridine rings is 3. The third-order valence-electron chi connectivity index (χ3n) is 6.75. The van der Waals surface area contributed by atoms with Gasteiger partial charge < -0.3 is 4.98 Å². The molecule has 1 aliphatic heterocycles. The summed E-state index contributed by atoms with van der Waals surface area (Å²) in [5.74, 6) is -2.61. The molecule has 7 heterocycles. The second kappa shape index (κ2) is 8.53. The molecule has 0 unspecified atom stereocenters. The first-order valence-electron chi connectivity index (χ1n) is 11.9.